The third-order valence-electron chi connectivity index (χ3n) is 4.99. The highest BCUT2D eigenvalue weighted by Gasteiger charge is 2.06. The zero-order valence-electron chi connectivity index (χ0n) is 16.5. The zero-order chi connectivity index (χ0) is 20.3. The SMILES string of the molecule is Cc1cn(-c2ccc(CNc3ncnc4cc(-c5ccccc5)ccc34)cn2)cn1. The van der Waals surface area contributed by atoms with E-state index in [1.54, 1.807) is 12.7 Å². The first-order chi connectivity index (χ1) is 14.8. The maximum Gasteiger partial charge on any atom is 0.137 e. The maximum atomic E-state index is 4.53. The fourth-order valence-corrected chi connectivity index (χ4v) is 3.41. The molecule has 0 aliphatic rings. The number of fused-ring (bicyclic) bond motifs is 1. The molecule has 0 fully saturated rings. The summed E-state index contributed by atoms with van der Waals surface area (Å²) < 4.78 is 1.91. The van der Waals surface area contributed by atoms with Crippen LogP contribution in [0.2, 0.25) is 0 Å². The quantitative estimate of drug-likeness (QED) is 0.465. The van der Waals surface area contributed by atoms with E-state index in [0.717, 1.165) is 39.4 Å². The van der Waals surface area contributed by atoms with E-state index in [4.69, 9.17) is 0 Å². The number of anilines is 1. The summed E-state index contributed by atoms with van der Waals surface area (Å²) >= 11 is 0. The minimum Gasteiger partial charge on any atom is -0.365 e. The Morgan fingerprint density at radius 2 is 1.77 bits per heavy atom. The van der Waals surface area contributed by atoms with E-state index in [1.165, 1.54) is 5.56 Å². The van der Waals surface area contributed by atoms with E-state index in [0.29, 0.717) is 6.54 Å². The van der Waals surface area contributed by atoms with E-state index in [9.17, 15) is 0 Å². The summed E-state index contributed by atoms with van der Waals surface area (Å²) in [4.78, 5) is 17.7. The van der Waals surface area contributed by atoms with Crippen LogP contribution in [0, 0.1) is 6.92 Å². The number of hydrogen-bond acceptors (Lipinski definition) is 5. The van der Waals surface area contributed by atoms with Gasteiger partial charge in [0.15, 0.2) is 0 Å². The third kappa shape index (κ3) is 3.63. The summed E-state index contributed by atoms with van der Waals surface area (Å²) in [5, 5.41) is 4.41. The second-order valence-corrected chi connectivity index (χ2v) is 7.12. The van der Waals surface area contributed by atoms with Gasteiger partial charge in [-0.05, 0) is 41.8 Å². The Balaban J connectivity index is 1.35. The van der Waals surface area contributed by atoms with Crippen LogP contribution in [-0.4, -0.2) is 24.5 Å². The van der Waals surface area contributed by atoms with Gasteiger partial charge in [0.2, 0.25) is 0 Å². The Morgan fingerprint density at radius 3 is 2.53 bits per heavy atom. The Bertz CT molecular complexity index is 1290. The summed E-state index contributed by atoms with van der Waals surface area (Å²) in [5.74, 6) is 1.66. The van der Waals surface area contributed by atoms with Crippen LogP contribution in [0.5, 0.6) is 0 Å². The van der Waals surface area contributed by atoms with Gasteiger partial charge in [0.05, 0.1) is 11.2 Å². The Hall–Kier alpha value is -4.06. The second kappa shape index (κ2) is 7.75. The van der Waals surface area contributed by atoms with Gasteiger partial charge in [-0.25, -0.2) is 19.9 Å². The zero-order valence-corrected chi connectivity index (χ0v) is 16.5. The predicted molar refractivity (Wildman–Crippen MR) is 118 cm³/mol. The van der Waals surface area contributed by atoms with Crippen molar-refractivity contribution in [2.24, 2.45) is 0 Å². The number of imidazole rings is 1. The Labute approximate surface area is 174 Å². The molecule has 1 N–H and O–H groups in total. The summed E-state index contributed by atoms with van der Waals surface area (Å²) in [6.45, 7) is 2.59. The fourth-order valence-electron chi connectivity index (χ4n) is 3.41. The summed E-state index contributed by atoms with van der Waals surface area (Å²) in [5.41, 5.74) is 5.27. The lowest BCUT2D eigenvalue weighted by Crippen LogP contribution is -2.04. The molecule has 5 aromatic rings. The van der Waals surface area contributed by atoms with Crippen molar-refractivity contribution in [2.75, 3.05) is 5.32 Å². The van der Waals surface area contributed by atoms with Crippen LogP contribution in [0.1, 0.15) is 11.3 Å². The van der Waals surface area contributed by atoms with E-state index < -0.39 is 0 Å². The minimum absolute atomic E-state index is 0.628. The van der Waals surface area contributed by atoms with Crippen molar-refractivity contribution >= 4 is 16.7 Å². The predicted octanol–water partition coefficient (Wildman–Crippen LogP) is 4.80. The third-order valence-corrected chi connectivity index (χ3v) is 4.99. The normalized spacial score (nSPS) is 11.0. The van der Waals surface area contributed by atoms with Gasteiger partial charge in [-0.3, -0.25) is 4.57 Å². The molecular weight excluding hydrogens is 372 g/mol. The lowest BCUT2D eigenvalue weighted by atomic mass is 10.0. The number of nitrogens with zero attached hydrogens (tertiary/aromatic N) is 5. The average Bonchev–Trinajstić information content (AvgIpc) is 3.24. The lowest BCUT2D eigenvalue weighted by molar-refractivity contribution is 0.977. The molecule has 0 saturated carbocycles. The molecule has 5 rings (SSSR count). The van der Waals surface area contributed by atoms with Crippen LogP contribution in [0.3, 0.4) is 0 Å². The van der Waals surface area contributed by atoms with Gasteiger partial charge in [0.25, 0.3) is 0 Å². The second-order valence-electron chi connectivity index (χ2n) is 7.12. The fraction of sp³-hybridized carbons (Fsp3) is 0.0833. The number of pyridine rings is 1. The first-order valence-electron chi connectivity index (χ1n) is 9.76. The smallest absolute Gasteiger partial charge is 0.137 e. The van der Waals surface area contributed by atoms with E-state index >= 15 is 0 Å². The summed E-state index contributed by atoms with van der Waals surface area (Å²) in [6, 6.07) is 20.6. The van der Waals surface area contributed by atoms with Gasteiger partial charge in [0, 0.05) is 24.3 Å². The molecule has 0 atom stereocenters. The molecule has 0 aliphatic carbocycles. The van der Waals surface area contributed by atoms with Gasteiger partial charge >= 0.3 is 0 Å². The average molecular weight is 392 g/mol. The van der Waals surface area contributed by atoms with Crippen LogP contribution < -0.4 is 5.32 Å². The van der Waals surface area contributed by atoms with Crippen LogP contribution in [0.15, 0.2) is 85.7 Å². The van der Waals surface area contributed by atoms with Crippen molar-refractivity contribution in [3.05, 3.63) is 97.0 Å². The summed E-state index contributed by atoms with van der Waals surface area (Å²) in [6.07, 6.45) is 7.19. The molecule has 3 aromatic heterocycles. The molecule has 0 amide bonds. The number of aryl methyl sites for hydroxylation is 1. The first kappa shape index (κ1) is 18.0. The number of benzene rings is 2. The molecule has 6 nitrogen and oxygen atoms in total. The van der Waals surface area contributed by atoms with Gasteiger partial charge in [0.1, 0.15) is 24.3 Å². The largest absolute Gasteiger partial charge is 0.365 e. The molecule has 0 aliphatic heterocycles. The number of nitrogens with one attached hydrogen (secondary N) is 1. The monoisotopic (exact) mass is 392 g/mol. The molecular formula is C24H20N6. The lowest BCUT2D eigenvalue weighted by Gasteiger charge is -2.10. The van der Waals surface area contributed by atoms with Crippen LogP contribution in [0.25, 0.3) is 27.8 Å². The van der Waals surface area contributed by atoms with Crippen molar-refractivity contribution in [3.8, 4) is 16.9 Å². The van der Waals surface area contributed by atoms with Crippen LogP contribution >= 0.6 is 0 Å². The molecule has 0 unspecified atom stereocenters. The maximum absolute atomic E-state index is 4.53. The standard InChI is InChI=1S/C24H20N6/c1-17-14-30(16-29-17)23-10-7-18(12-25-23)13-26-24-21-9-8-20(11-22(21)27-15-28-24)19-5-3-2-4-6-19/h2-12,14-16H,13H2,1H3,(H,26,27,28). The van der Waals surface area contributed by atoms with Crippen molar-refractivity contribution in [1.82, 2.24) is 24.5 Å². The van der Waals surface area contributed by atoms with E-state index in [1.807, 2.05) is 48.1 Å². The molecule has 2 aromatic carbocycles. The van der Waals surface area contributed by atoms with Gasteiger partial charge in [-0.15, -0.1) is 0 Å². The highest BCUT2D eigenvalue weighted by atomic mass is 15.1. The molecule has 0 radical (unpaired) electrons. The Kier molecular flexibility index (Phi) is 4.65. The summed E-state index contributed by atoms with van der Waals surface area (Å²) in [7, 11) is 0. The number of aromatic nitrogens is 5. The topological polar surface area (TPSA) is 68.5 Å². The molecule has 6 heteroatoms. The van der Waals surface area contributed by atoms with Crippen LogP contribution in [0.4, 0.5) is 5.82 Å². The minimum atomic E-state index is 0.628. The van der Waals surface area contributed by atoms with Gasteiger partial charge < -0.3 is 5.32 Å². The van der Waals surface area contributed by atoms with Gasteiger partial charge in [-0.1, -0.05) is 42.5 Å². The van der Waals surface area contributed by atoms with E-state index in [-0.39, 0.29) is 0 Å². The molecule has 0 bridgehead atoms. The van der Waals surface area contributed by atoms with Crippen molar-refractivity contribution in [2.45, 2.75) is 13.5 Å². The highest BCUT2D eigenvalue weighted by molar-refractivity contribution is 5.91. The Morgan fingerprint density at radius 1 is 0.867 bits per heavy atom. The van der Waals surface area contributed by atoms with Crippen molar-refractivity contribution < 1.29 is 0 Å². The molecule has 0 saturated heterocycles. The van der Waals surface area contributed by atoms with E-state index in [2.05, 4.69) is 61.7 Å². The molecule has 0 spiro atoms. The number of rotatable bonds is 5. The molecule has 30 heavy (non-hydrogen) atoms. The van der Waals surface area contributed by atoms with Crippen molar-refractivity contribution in [3.63, 3.8) is 0 Å². The molecule has 146 valence electrons. The molecule has 3 heterocycles. The van der Waals surface area contributed by atoms with Gasteiger partial charge in [-0.2, -0.15) is 0 Å². The van der Waals surface area contributed by atoms with Crippen LogP contribution in [-0.2, 0) is 6.54 Å². The first-order valence-corrected chi connectivity index (χ1v) is 9.76. The van der Waals surface area contributed by atoms with Crippen molar-refractivity contribution in [1.29, 1.82) is 0 Å². The number of hydrogen-bond donors (Lipinski definition) is 1. The highest BCUT2D eigenvalue weighted by Crippen LogP contribution is 2.26.